The van der Waals surface area contributed by atoms with Crippen LogP contribution in [0.2, 0.25) is 0 Å². The molecule has 0 spiro atoms. The van der Waals surface area contributed by atoms with E-state index in [1.54, 1.807) is 0 Å². The summed E-state index contributed by atoms with van der Waals surface area (Å²) in [4.78, 5) is 23.3. The zero-order chi connectivity index (χ0) is 15.0. The Balaban J connectivity index is 4.37. The zero-order valence-electron chi connectivity index (χ0n) is 13.1. The highest BCUT2D eigenvalue weighted by Gasteiger charge is 2.21. The Bertz CT molecular complexity index is 258. The SMILES string of the molecule is CC(C)CC(CC(=O)OC(C)C)CC(=O)OC(C)C. The van der Waals surface area contributed by atoms with Gasteiger partial charge in [0.15, 0.2) is 0 Å². The standard InChI is InChI=1S/C15H28O4/c1-10(2)7-13(8-14(16)18-11(3)4)9-15(17)19-12(5)6/h10-13H,7-9H2,1-6H3. The van der Waals surface area contributed by atoms with Crippen LogP contribution in [0.3, 0.4) is 0 Å². The quantitative estimate of drug-likeness (QED) is 0.636. The van der Waals surface area contributed by atoms with Crippen molar-refractivity contribution in [2.45, 2.75) is 73.0 Å². The molecule has 0 atom stereocenters. The lowest BCUT2D eigenvalue weighted by Crippen LogP contribution is -2.21. The molecule has 0 saturated carbocycles. The third kappa shape index (κ3) is 10.5. The van der Waals surface area contributed by atoms with Crippen LogP contribution in [0.5, 0.6) is 0 Å². The highest BCUT2D eigenvalue weighted by atomic mass is 16.5. The molecule has 0 fully saturated rings. The molecule has 0 unspecified atom stereocenters. The van der Waals surface area contributed by atoms with E-state index >= 15 is 0 Å². The smallest absolute Gasteiger partial charge is 0.306 e. The van der Waals surface area contributed by atoms with Crippen LogP contribution in [0.25, 0.3) is 0 Å². The molecule has 0 heterocycles. The first-order valence-corrected chi connectivity index (χ1v) is 7.09. The molecular weight excluding hydrogens is 244 g/mol. The van der Waals surface area contributed by atoms with Crippen LogP contribution in [0.15, 0.2) is 0 Å². The molecule has 0 aliphatic rings. The van der Waals surface area contributed by atoms with Crippen molar-refractivity contribution < 1.29 is 19.1 Å². The molecule has 0 N–H and O–H groups in total. The number of carbonyl (C=O) groups is 2. The lowest BCUT2D eigenvalue weighted by molar-refractivity contribution is -0.151. The highest BCUT2D eigenvalue weighted by molar-refractivity contribution is 5.73. The van der Waals surface area contributed by atoms with Gasteiger partial charge in [0.2, 0.25) is 0 Å². The summed E-state index contributed by atoms with van der Waals surface area (Å²) in [6, 6.07) is 0. The minimum Gasteiger partial charge on any atom is -0.463 e. The third-order valence-corrected chi connectivity index (χ3v) is 2.45. The fourth-order valence-corrected chi connectivity index (χ4v) is 2.00. The topological polar surface area (TPSA) is 52.6 Å². The maximum absolute atomic E-state index is 11.7. The molecular formula is C15H28O4. The number of hydrogen-bond acceptors (Lipinski definition) is 4. The molecule has 4 heteroatoms. The minimum atomic E-state index is -0.238. The summed E-state index contributed by atoms with van der Waals surface area (Å²) < 4.78 is 10.3. The number of hydrogen-bond donors (Lipinski definition) is 0. The van der Waals surface area contributed by atoms with Crippen LogP contribution in [0, 0.1) is 11.8 Å². The van der Waals surface area contributed by atoms with Crippen LogP contribution in [0.1, 0.15) is 60.8 Å². The predicted molar refractivity (Wildman–Crippen MR) is 74.6 cm³/mol. The van der Waals surface area contributed by atoms with Crippen molar-refractivity contribution in [3.05, 3.63) is 0 Å². The maximum atomic E-state index is 11.7. The van der Waals surface area contributed by atoms with Gasteiger partial charge < -0.3 is 9.47 Å². The first-order valence-electron chi connectivity index (χ1n) is 7.09. The van der Waals surface area contributed by atoms with E-state index in [1.165, 1.54) is 0 Å². The van der Waals surface area contributed by atoms with Crippen molar-refractivity contribution >= 4 is 11.9 Å². The Labute approximate surface area is 116 Å². The Hall–Kier alpha value is -1.06. The lowest BCUT2D eigenvalue weighted by Gasteiger charge is -2.19. The molecule has 112 valence electrons. The Kier molecular flexibility index (Phi) is 8.44. The molecule has 19 heavy (non-hydrogen) atoms. The number of carbonyl (C=O) groups excluding carboxylic acids is 2. The zero-order valence-corrected chi connectivity index (χ0v) is 13.1. The lowest BCUT2D eigenvalue weighted by atomic mass is 9.91. The van der Waals surface area contributed by atoms with E-state index in [0.717, 1.165) is 6.42 Å². The van der Waals surface area contributed by atoms with Crippen LogP contribution < -0.4 is 0 Å². The fourth-order valence-electron chi connectivity index (χ4n) is 2.00. The third-order valence-electron chi connectivity index (χ3n) is 2.45. The van der Waals surface area contributed by atoms with E-state index < -0.39 is 0 Å². The second-order valence-corrected chi connectivity index (χ2v) is 5.98. The van der Waals surface area contributed by atoms with Gasteiger partial charge >= 0.3 is 11.9 Å². The van der Waals surface area contributed by atoms with Gasteiger partial charge in [0.1, 0.15) is 0 Å². The second kappa shape index (κ2) is 8.94. The fraction of sp³-hybridized carbons (Fsp3) is 0.867. The van der Waals surface area contributed by atoms with E-state index in [2.05, 4.69) is 13.8 Å². The molecule has 0 aromatic rings. The van der Waals surface area contributed by atoms with Crippen LogP contribution in [-0.2, 0) is 19.1 Å². The van der Waals surface area contributed by atoms with Crippen LogP contribution in [0.4, 0.5) is 0 Å². The summed E-state index contributed by atoms with van der Waals surface area (Å²) in [7, 11) is 0. The van der Waals surface area contributed by atoms with Crippen LogP contribution in [-0.4, -0.2) is 24.1 Å². The van der Waals surface area contributed by atoms with Crippen molar-refractivity contribution in [2.24, 2.45) is 11.8 Å². The van der Waals surface area contributed by atoms with Crippen LogP contribution >= 0.6 is 0 Å². The summed E-state index contributed by atoms with van der Waals surface area (Å²) in [5.41, 5.74) is 0. The molecule has 0 aliphatic carbocycles. The van der Waals surface area contributed by atoms with Gasteiger partial charge in [0.05, 0.1) is 12.2 Å². The maximum Gasteiger partial charge on any atom is 0.306 e. The van der Waals surface area contributed by atoms with Gasteiger partial charge in [-0.1, -0.05) is 13.8 Å². The number of ether oxygens (including phenoxy) is 2. The average Bonchev–Trinajstić information content (AvgIpc) is 2.11. The van der Waals surface area contributed by atoms with E-state index in [4.69, 9.17) is 9.47 Å². The van der Waals surface area contributed by atoms with Gasteiger partial charge in [-0.3, -0.25) is 9.59 Å². The Morgan fingerprint density at radius 3 is 1.42 bits per heavy atom. The molecule has 0 amide bonds. The second-order valence-electron chi connectivity index (χ2n) is 5.98. The first-order chi connectivity index (χ1) is 8.70. The molecule has 0 aromatic heterocycles. The van der Waals surface area contributed by atoms with Crippen molar-refractivity contribution in [3.8, 4) is 0 Å². The number of rotatable bonds is 8. The average molecular weight is 272 g/mol. The predicted octanol–water partition coefficient (Wildman–Crippen LogP) is 3.33. The van der Waals surface area contributed by atoms with E-state index in [-0.39, 0.29) is 42.9 Å². The van der Waals surface area contributed by atoms with Gasteiger partial charge in [-0.05, 0) is 46.0 Å². The Morgan fingerprint density at radius 1 is 0.789 bits per heavy atom. The largest absolute Gasteiger partial charge is 0.463 e. The van der Waals surface area contributed by atoms with Gasteiger partial charge in [-0.2, -0.15) is 0 Å². The molecule has 0 saturated heterocycles. The molecule has 4 nitrogen and oxygen atoms in total. The van der Waals surface area contributed by atoms with Crippen molar-refractivity contribution in [3.63, 3.8) is 0 Å². The van der Waals surface area contributed by atoms with E-state index in [9.17, 15) is 9.59 Å². The Morgan fingerprint density at radius 2 is 1.16 bits per heavy atom. The van der Waals surface area contributed by atoms with Crippen molar-refractivity contribution in [1.29, 1.82) is 0 Å². The molecule has 0 aliphatic heterocycles. The number of esters is 2. The summed E-state index contributed by atoms with van der Waals surface area (Å²) in [6.45, 7) is 11.4. The molecule has 0 rings (SSSR count). The van der Waals surface area contributed by atoms with E-state index in [1.807, 2.05) is 27.7 Å². The summed E-state index contributed by atoms with van der Waals surface area (Å²) in [6.07, 6.45) is 1.15. The summed E-state index contributed by atoms with van der Waals surface area (Å²) in [5, 5.41) is 0. The van der Waals surface area contributed by atoms with Crippen molar-refractivity contribution in [1.82, 2.24) is 0 Å². The minimum absolute atomic E-state index is 0.00231. The first kappa shape index (κ1) is 17.9. The molecule has 0 bridgehead atoms. The normalized spacial score (nSPS) is 11.5. The van der Waals surface area contributed by atoms with Gasteiger partial charge in [-0.25, -0.2) is 0 Å². The van der Waals surface area contributed by atoms with E-state index in [0.29, 0.717) is 5.92 Å². The van der Waals surface area contributed by atoms with Gasteiger partial charge in [0, 0.05) is 12.8 Å². The monoisotopic (exact) mass is 272 g/mol. The summed E-state index contributed by atoms with van der Waals surface area (Å²) >= 11 is 0. The van der Waals surface area contributed by atoms with Gasteiger partial charge in [-0.15, -0.1) is 0 Å². The molecule has 0 aromatic carbocycles. The molecule has 0 radical (unpaired) electrons. The van der Waals surface area contributed by atoms with Crippen molar-refractivity contribution in [2.75, 3.05) is 0 Å². The summed E-state index contributed by atoms with van der Waals surface area (Å²) in [5.74, 6) is -0.0443. The highest BCUT2D eigenvalue weighted by Crippen LogP contribution is 2.21. The van der Waals surface area contributed by atoms with Gasteiger partial charge in [0.25, 0.3) is 0 Å².